The third kappa shape index (κ3) is 6.45. The summed E-state index contributed by atoms with van der Waals surface area (Å²) in [5.74, 6) is 1.81. The van der Waals surface area contributed by atoms with Crippen molar-refractivity contribution in [3.63, 3.8) is 0 Å². The molecule has 0 bridgehead atoms. The van der Waals surface area contributed by atoms with Gasteiger partial charge < -0.3 is 30.0 Å². The van der Waals surface area contributed by atoms with E-state index in [1.165, 1.54) is 6.33 Å². The topological polar surface area (TPSA) is 131 Å². The van der Waals surface area contributed by atoms with Crippen LogP contribution < -0.4 is 20.5 Å². The first-order chi connectivity index (χ1) is 17.7. The first-order valence-corrected chi connectivity index (χ1v) is 11.7. The average molecular weight is 494 g/mol. The number of benzene rings is 2. The Morgan fingerprint density at radius 2 is 1.72 bits per heavy atom. The highest BCUT2D eigenvalue weighted by Crippen LogP contribution is 2.35. The minimum atomic E-state index is 0.382. The van der Waals surface area contributed by atoms with Gasteiger partial charge in [-0.3, -0.25) is 4.68 Å². The molecule has 0 unspecified atom stereocenters. The van der Waals surface area contributed by atoms with Crippen molar-refractivity contribution in [2.24, 2.45) is 5.73 Å². The Morgan fingerprint density at radius 3 is 2.47 bits per heavy atom. The molecule has 4 aromatic rings. The minimum absolute atomic E-state index is 0.382. The first kappa shape index (κ1) is 25.3. The van der Waals surface area contributed by atoms with Crippen molar-refractivity contribution in [3.8, 4) is 22.8 Å². The fourth-order valence-electron chi connectivity index (χ4n) is 3.55. The Morgan fingerprint density at radius 1 is 0.944 bits per heavy atom. The molecule has 0 radical (unpaired) electrons. The van der Waals surface area contributed by atoms with Gasteiger partial charge in [0.2, 0.25) is 0 Å². The number of aromatic nitrogens is 5. The molecular formula is C25H31N7O4. The molecule has 0 spiro atoms. The van der Waals surface area contributed by atoms with Gasteiger partial charge in [0.25, 0.3) is 0 Å². The van der Waals surface area contributed by atoms with Gasteiger partial charge in [0, 0.05) is 43.5 Å². The Hall–Kier alpha value is -3.80. The van der Waals surface area contributed by atoms with E-state index in [0.29, 0.717) is 50.3 Å². The number of aryl methyl sites for hydroxylation is 1. The van der Waals surface area contributed by atoms with Crippen molar-refractivity contribution in [2.45, 2.75) is 13.0 Å². The number of nitrogens with zero attached hydrogens (tertiary/aromatic N) is 5. The summed E-state index contributed by atoms with van der Waals surface area (Å²) in [7, 11) is 3.26. The number of rotatable bonds is 14. The number of fused-ring (bicyclic) bond motifs is 1. The van der Waals surface area contributed by atoms with E-state index in [2.05, 4.69) is 25.6 Å². The molecular weight excluding hydrogens is 462 g/mol. The fraction of sp³-hybridized carbons (Fsp3) is 0.360. The van der Waals surface area contributed by atoms with Gasteiger partial charge in [-0.25, -0.2) is 9.97 Å². The number of nitrogens with two attached hydrogens (primary N) is 1. The van der Waals surface area contributed by atoms with Crippen molar-refractivity contribution in [2.75, 3.05) is 52.5 Å². The van der Waals surface area contributed by atoms with Crippen molar-refractivity contribution in [1.82, 2.24) is 25.0 Å². The summed E-state index contributed by atoms with van der Waals surface area (Å²) in [6.45, 7) is 3.04. The SMILES string of the molecule is COCCOc1cc2ncnc(Nc3cccc(-c4cn(CCCN)nn4)c3)c2cc1OCCOC. The molecule has 0 amide bonds. The van der Waals surface area contributed by atoms with Crippen LogP contribution in [-0.4, -0.2) is 72.2 Å². The second-order valence-electron chi connectivity index (χ2n) is 7.94. The van der Waals surface area contributed by atoms with E-state index in [0.717, 1.165) is 40.8 Å². The highest BCUT2D eigenvalue weighted by atomic mass is 16.5. The van der Waals surface area contributed by atoms with E-state index >= 15 is 0 Å². The lowest BCUT2D eigenvalue weighted by molar-refractivity contribution is 0.132. The van der Waals surface area contributed by atoms with Crippen LogP contribution in [0.3, 0.4) is 0 Å². The second kappa shape index (κ2) is 12.8. The molecule has 11 nitrogen and oxygen atoms in total. The summed E-state index contributed by atoms with van der Waals surface area (Å²) in [6, 6.07) is 11.6. The van der Waals surface area contributed by atoms with E-state index in [-0.39, 0.29) is 0 Å². The maximum atomic E-state index is 5.93. The van der Waals surface area contributed by atoms with Crippen LogP contribution in [0.4, 0.5) is 11.5 Å². The maximum absolute atomic E-state index is 5.93. The van der Waals surface area contributed by atoms with Crippen LogP contribution in [0, 0.1) is 0 Å². The standard InChI is InChI=1S/C25H31N7O4/c1-33-9-11-35-23-14-20-21(15-24(23)36-12-10-34-2)27-17-28-25(20)29-19-6-3-5-18(13-19)22-16-32(31-30-22)8-4-7-26/h3,5-6,13-17H,4,7-12,26H2,1-2H3,(H,27,28,29). The molecule has 190 valence electrons. The molecule has 11 heteroatoms. The van der Waals surface area contributed by atoms with Crippen molar-refractivity contribution in [3.05, 3.63) is 48.9 Å². The van der Waals surface area contributed by atoms with Gasteiger partial charge in [0.1, 0.15) is 31.1 Å². The summed E-state index contributed by atoms with van der Waals surface area (Å²) in [6.07, 6.45) is 4.28. The minimum Gasteiger partial charge on any atom is -0.487 e. The number of ether oxygens (including phenoxy) is 4. The Kier molecular flexibility index (Phi) is 8.98. The molecule has 0 atom stereocenters. The predicted octanol–water partition coefficient (Wildman–Crippen LogP) is 3.03. The Bertz CT molecular complexity index is 1260. The van der Waals surface area contributed by atoms with E-state index in [4.69, 9.17) is 24.7 Å². The monoisotopic (exact) mass is 493 g/mol. The normalized spacial score (nSPS) is 11.1. The van der Waals surface area contributed by atoms with Crippen molar-refractivity contribution in [1.29, 1.82) is 0 Å². The summed E-state index contributed by atoms with van der Waals surface area (Å²) >= 11 is 0. The van der Waals surface area contributed by atoms with E-state index in [1.54, 1.807) is 18.9 Å². The molecule has 36 heavy (non-hydrogen) atoms. The number of nitrogens with one attached hydrogen (secondary N) is 1. The van der Waals surface area contributed by atoms with Gasteiger partial charge >= 0.3 is 0 Å². The molecule has 2 aromatic carbocycles. The Labute approximate surface area is 209 Å². The molecule has 2 aromatic heterocycles. The highest BCUT2D eigenvalue weighted by molar-refractivity contribution is 5.93. The summed E-state index contributed by atoms with van der Waals surface area (Å²) in [5, 5.41) is 12.7. The van der Waals surface area contributed by atoms with Crippen LogP contribution in [0.15, 0.2) is 48.9 Å². The van der Waals surface area contributed by atoms with Crippen LogP contribution >= 0.6 is 0 Å². The largest absolute Gasteiger partial charge is 0.487 e. The number of anilines is 2. The highest BCUT2D eigenvalue weighted by Gasteiger charge is 2.13. The predicted molar refractivity (Wildman–Crippen MR) is 137 cm³/mol. The average Bonchev–Trinajstić information content (AvgIpc) is 3.37. The van der Waals surface area contributed by atoms with E-state index in [1.807, 2.05) is 42.6 Å². The first-order valence-electron chi connectivity index (χ1n) is 11.7. The van der Waals surface area contributed by atoms with E-state index < -0.39 is 0 Å². The number of methoxy groups -OCH3 is 2. The van der Waals surface area contributed by atoms with Gasteiger partial charge in [-0.15, -0.1) is 5.10 Å². The lowest BCUT2D eigenvalue weighted by Crippen LogP contribution is -2.09. The summed E-state index contributed by atoms with van der Waals surface area (Å²) in [4.78, 5) is 8.91. The second-order valence-corrected chi connectivity index (χ2v) is 7.94. The van der Waals surface area contributed by atoms with Crippen LogP contribution in [0.5, 0.6) is 11.5 Å². The molecule has 0 aliphatic heterocycles. The zero-order valence-electron chi connectivity index (χ0n) is 20.5. The van der Waals surface area contributed by atoms with Crippen LogP contribution in [0.2, 0.25) is 0 Å². The van der Waals surface area contributed by atoms with Gasteiger partial charge in [-0.2, -0.15) is 0 Å². The molecule has 3 N–H and O–H groups in total. The molecule has 2 heterocycles. The lowest BCUT2D eigenvalue weighted by atomic mass is 10.1. The molecule has 0 aliphatic carbocycles. The van der Waals surface area contributed by atoms with Crippen LogP contribution in [-0.2, 0) is 16.0 Å². The van der Waals surface area contributed by atoms with Gasteiger partial charge in [-0.05, 0) is 31.2 Å². The van der Waals surface area contributed by atoms with Crippen molar-refractivity contribution >= 4 is 22.4 Å². The third-order valence-corrected chi connectivity index (χ3v) is 5.34. The summed E-state index contributed by atoms with van der Waals surface area (Å²) in [5.41, 5.74) is 8.90. The molecule has 0 saturated heterocycles. The molecule has 4 rings (SSSR count). The molecule has 0 aliphatic rings. The van der Waals surface area contributed by atoms with Gasteiger partial charge in [0.15, 0.2) is 11.5 Å². The fourth-order valence-corrected chi connectivity index (χ4v) is 3.55. The number of hydrogen-bond acceptors (Lipinski definition) is 10. The van der Waals surface area contributed by atoms with Crippen LogP contribution in [0.25, 0.3) is 22.2 Å². The van der Waals surface area contributed by atoms with Crippen LogP contribution in [0.1, 0.15) is 6.42 Å². The smallest absolute Gasteiger partial charge is 0.163 e. The van der Waals surface area contributed by atoms with E-state index in [9.17, 15) is 0 Å². The van der Waals surface area contributed by atoms with Crippen molar-refractivity contribution < 1.29 is 18.9 Å². The third-order valence-electron chi connectivity index (χ3n) is 5.34. The quantitative estimate of drug-likeness (QED) is 0.253. The van der Waals surface area contributed by atoms with Gasteiger partial charge in [0.05, 0.1) is 24.9 Å². The molecule has 0 saturated carbocycles. The molecule has 0 fully saturated rings. The Balaban J connectivity index is 1.60. The number of hydrogen-bond donors (Lipinski definition) is 2. The zero-order chi connectivity index (χ0) is 25.2. The maximum Gasteiger partial charge on any atom is 0.163 e. The zero-order valence-corrected chi connectivity index (χ0v) is 20.5. The lowest BCUT2D eigenvalue weighted by Gasteiger charge is -2.15. The van der Waals surface area contributed by atoms with Gasteiger partial charge in [-0.1, -0.05) is 17.3 Å². The summed E-state index contributed by atoms with van der Waals surface area (Å²) < 4.78 is 23.8.